The molecule has 154 valence electrons. The maximum absolute atomic E-state index is 12.6. The Labute approximate surface area is 170 Å². The summed E-state index contributed by atoms with van der Waals surface area (Å²) in [5.74, 6) is 1.87. The molecule has 3 rings (SSSR count). The quantitative estimate of drug-likeness (QED) is 0.714. The first-order chi connectivity index (χ1) is 14.1. The lowest BCUT2D eigenvalue weighted by Crippen LogP contribution is -2.52. The molecule has 0 saturated carbocycles. The molecule has 1 aliphatic heterocycles. The summed E-state index contributed by atoms with van der Waals surface area (Å²) >= 11 is 0. The Bertz CT molecular complexity index is 832. The molecule has 0 unspecified atom stereocenters. The summed E-state index contributed by atoms with van der Waals surface area (Å²) in [6.07, 6.45) is 0.283. The van der Waals surface area contributed by atoms with Crippen LogP contribution in [0.25, 0.3) is 0 Å². The van der Waals surface area contributed by atoms with Gasteiger partial charge in [-0.05, 0) is 29.8 Å². The number of benzene rings is 2. The van der Waals surface area contributed by atoms with Gasteiger partial charge < -0.3 is 24.0 Å². The average molecular weight is 398 g/mol. The van der Waals surface area contributed by atoms with Crippen LogP contribution < -0.4 is 14.2 Å². The zero-order valence-electron chi connectivity index (χ0n) is 16.8. The molecule has 2 aromatic rings. The van der Waals surface area contributed by atoms with Crippen LogP contribution in [0.1, 0.15) is 5.56 Å². The molecule has 0 N–H and O–H groups in total. The molecule has 0 aliphatic carbocycles. The molecule has 0 radical (unpaired) electrons. The van der Waals surface area contributed by atoms with Gasteiger partial charge in [-0.3, -0.25) is 9.59 Å². The van der Waals surface area contributed by atoms with E-state index in [0.29, 0.717) is 43.4 Å². The van der Waals surface area contributed by atoms with Crippen LogP contribution in [0, 0.1) is 0 Å². The number of amides is 2. The zero-order chi connectivity index (χ0) is 20.6. The van der Waals surface area contributed by atoms with E-state index >= 15 is 0 Å². The molecule has 1 heterocycles. The number of carbonyl (C=O) groups is 2. The molecule has 0 spiro atoms. The summed E-state index contributed by atoms with van der Waals surface area (Å²) in [4.78, 5) is 28.5. The highest BCUT2D eigenvalue weighted by Gasteiger charge is 2.24. The second kappa shape index (κ2) is 9.82. The molecule has 29 heavy (non-hydrogen) atoms. The molecule has 0 atom stereocenters. The highest BCUT2D eigenvalue weighted by molar-refractivity contribution is 5.80. The van der Waals surface area contributed by atoms with Gasteiger partial charge in [0.15, 0.2) is 18.1 Å². The van der Waals surface area contributed by atoms with E-state index in [9.17, 15) is 9.59 Å². The van der Waals surface area contributed by atoms with Crippen molar-refractivity contribution in [2.24, 2.45) is 0 Å². The Morgan fingerprint density at radius 1 is 0.828 bits per heavy atom. The first kappa shape index (κ1) is 20.5. The minimum Gasteiger partial charge on any atom is -0.493 e. The van der Waals surface area contributed by atoms with E-state index < -0.39 is 0 Å². The standard InChI is InChI=1S/C22H26N2O5/c1-27-19-9-8-17(14-20(19)28-2)15-21(25)23-10-12-24(13-11-23)22(26)16-29-18-6-4-3-5-7-18/h3-9,14H,10-13,15-16H2,1-2H3. The van der Waals surface area contributed by atoms with Gasteiger partial charge in [0.2, 0.25) is 5.91 Å². The minimum atomic E-state index is -0.0687. The van der Waals surface area contributed by atoms with E-state index in [1.807, 2.05) is 42.5 Å². The molecular weight excluding hydrogens is 372 g/mol. The van der Waals surface area contributed by atoms with Crippen LogP contribution in [-0.2, 0) is 16.0 Å². The smallest absolute Gasteiger partial charge is 0.260 e. The predicted molar refractivity (Wildman–Crippen MR) is 108 cm³/mol. The van der Waals surface area contributed by atoms with Crippen LogP contribution >= 0.6 is 0 Å². The van der Waals surface area contributed by atoms with E-state index in [2.05, 4.69) is 0 Å². The third-order valence-electron chi connectivity index (χ3n) is 4.89. The summed E-state index contributed by atoms with van der Waals surface area (Å²) in [5, 5.41) is 0. The summed E-state index contributed by atoms with van der Waals surface area (Å²) in [6.45, 7) is 2.05. The summed E-state index contributed by atoms with van der Waals surface area (Å²) in [5.41, 5.74) is 0.863. The van der Waals surface area contributed by atoms with Crippen LogP contribution in [0.5, 0.6) is 17.2 Å². The lowest BCUT2D eigenvalue weighted by atomic mass is 10.1. The van der Waals surface area contributed by atoms with E-state index in [4.69, 9.17) is 14.2 Å². The van der Waals surface area contributed by atoms with E-state index in [0.717, 1.165) is 5.56 Å². The number of ether oxygens (including phenoxy) is 3. The number of rotatable bonds is 7. The summed E-state index contributed by atoms with van der Waals surface area (Å²) < 4.78 is 16.0. The lowest BCUT2D eigenvalue weighted by molar-refractivity contribution is -0.140. The monoisotopic (exact) mass is 398 g/mol. The van der Waals surface area contributed by atoms with Crippen LogP contribution in [0.2, 0.25) is 0 Å². The fourth-order valence-electron chi connectivity index (χ4n) is 3.24. The summed E-state index contributed by atoms with van der Waals surface area (Å²) in [7, 11) is 3.15. The number of piperazine rings is 1. The second-order valence-corrected chi connectivity index (χ2v) is 6.73. The van der Waals surface area contributed by atoms with Crippen molar-refractivity contribution < 1.29 is 23.8 Å². The largest absolute Gasteiger partial charge is 0.493 e. The summed E-state index contributed by atoms with van der Waals surface area (Å²) in [6, 6.07) is 14.7. The highest BCUT2D eigenvalue weighted by atomic mass is 16.5. The Morgan fingerprint density at radius 2 is 1.45 bits per heavy atom. The second-order valence-electron chi connectivity index (χ2n) is 6.73. The van der Waals surface area contributed by atoms with Gasteiger partial charge in [-0.2, -0.15) is 0 Å². The average Bonchev–Trinajstić information content (AvgIpc) is 2.78. The molecule has 1 aliphatic rings. The van der Waals surface area contributed by atoms with Crippen LogP contribution in [-0.4, -0.2) is 68.6 Å². The number of hydrogen-bond acceptors (Lipinski definition) is 5. The van der Waals surface area contributed by atoms with Crippen LogP contribution in [0.4, 0.5) is 0 Å². The van der Waals surface area contributed by atoms with E-state index in [-0.39, 0.29) is 24.8 Å². The third-order valence-corrected chi connectivity index (χ3v) is 4.89. The maximum atomic E-state index is 12.6. The van der Waals surface area contributed by atoms with Gasteiger partial charge in [-0.1, -0.05) is 24.3 Å². The Balaban J connectivity index is 1.47. The van der Waals surface area contributed by atoms with Crippen molar-refractivity contribution in [1.29, 1.82) is 0 Å². The molecule has 7 heteroatoms. The van der Waals surface area contributed by atoms with Crippen molar-refractivity contribution in [1.82, 2.24) is 9.80 Å². The van der Waals surface area contributed by atoms with Gasteiger partial charge in [-0.15, -0.1) is 0 Å². The lowest BCUT2D eigenvalue weighted by Gasteiger charge is -2.34. The highest BCUT2D eigenvalue weighted by Crippen LogP contribution is 2.27. The maximum Gasteiger partial charge on any atom is 0.260 e. The van der Waals surface area contributed by atoms with E-state index in [1.54, 1.807) is 30.1 Å². The van der Waals surface area contributed by atoms with Crippen molar-refractivity contribution in [3.63, 3.8) is 0 Å². The van der Waals surface area contributed by atoms with Gasteiger partial charge in [0.1, 0.15) is 5.75 Å². The van der Waals surface area contributed by atoms with Crippen molar-refractivity contribution >= 4 is 11.8 Å². The number of methoxy groups -OCH3 is 2. The van der Waals surface area contributed by atoms with Crippen molar-refractivity contribution in [2.45, 2.75) is 6.42 Å². The first-order valence-electron chi connectivity index (χ1n) is 9.55. The van der Waals surface area contributed by atoms with Crippen molar-refractivity contribution in [3.05, 3.63) is 54.1 Å². The molecule has 7 nitrogen and oxygen atoms in total. The van der Waals surface area contributed by atoms with Gasteiger partial charge in [0.05, 0.1) is 20.6 Å². The minimum absolute atomic E-state index is 0.00357. The van der Waals surface area contributed by atoms with Gasteiger partial charge in [0.25, 0.3) is 5.91 Å². The number of nitrogens with zero attached hydrogens (tertiary/aromatic N) is 2. The molecule has 2 aromatic carbocycles. The number of para-hydroxylation sites is 1. The van der Waals surface area contributed by atoms with Gasteiger partial charge in [0, 0.05) is 26.2 Å². The Morgan fingerprint density at radius 3 is 2.07 bits per heavy atom. The topological polar surface area (TPSA) is 68.3 Å². The molecule has 0 bridgehead atoms. The van der Waals surface area contributed by atoms with Crippen molar-refractivity contribution in [2.75, 3.05) is 47.0 Å². The molecule has 0 aromatic heterocycles. The fourth-order valence-corrected chi connectivity index (χ4v) is 3.24. The zero-order valence-corrected chi connectivity index (χ0v) is 16.8. The first-order valence-corrected chi connectivity index (χ1v) is 9.55. The third kappa shape index (κ3) is 5.40. The van der Waals surface area contributed by atoms with Crippen LogP contribution in [0.3, 0.4) is 0 Å². The number of hydrogen-bond donors (Lipinski definition) is 0. The number of carbonyl (C=O) groups excluding carboxylic acids is 2. The molecule has 2 amide bonds. The van der Waals surface area contributed by atoms with Gasteiger partial charge >= 0.3 is 0 Å². The SMILES string of the molecule is COc1ccc(CC(=O)N2CCN(C(=O)COc3ccccc3)CC2)cc1OC. The fraction of sp³-hybridized carbons (Fsp3) is 0.364. The molecule has 1 saturated heterocycles. The molecular formula is C22H26N2O5. The van der Waals surface area contributed by atoms with E-state index in [1.165, 1.54) is 0 Å². The molecule has 1 fully saturated rings. The predicted octanol–water partition coefficient (Wildman–Crippen LogP) is 2.00. The Kier molecular flexibility index (Phi) is 6.94. The van der Waals surface area contributed by atoms with Crippen LogP contribution in [0.15, 0.2) is 48.5 Å². The normalized spacial score (nSPS) is 13.7. The van der Waals surface area contributed by atoms with Crippen molar-refractivity contribution in [3.8, 4) is 17.2 Å². The Hall–Kier alpha value is -3.22. The van der Waals surface area contributed by atoms with Gasteiger partial charge in [-0.25, -0.2) is 0 Å².